The van der Waals surface area contributed by atoms with Crippen molar-refractivity contribution in [3.63, 3.8) is 0 Å². The second-order valence-corrected chi connectivity index (χ2v) is 6.69. The van der Waals surface area contributed by atoms with E-state index in [1.54, 1.807) is 13.3 Å². The minimum atomic E-state index is -0.325. The predicted molar refractivity (Wildman–Crippen MR) is 112 cm³/mol. The Morgan fingerprint density at radius 3 is 2.64 bits per heavy atom. The van der Waals surface area contributed by atoms with Crippen LogP contribution >= 0.6 is 0 Å². The van der Waals surface area contributed by atoms with Gasteiger partial charge in [-0.2, -0.15) is 5.10 Å². The molecule has 1 amide bonds. The third-order valence-electron chi connectivity index (χ3n) is 4.66. The standard InChI is InChI=1S/C23H24N2O3/c1-15-11-16(2)17(3)22(12-15)28-14-23(26)25-24-13-20-19-8-6-5-7-18(19)9-10-21(20)27-4/h5-13H,14H2,1-4H3,(H,25,26)/b24-13+. The first kappa shape index (κ1) is 19.4. The summed E-state index contributed by atoms with van der Waals surface area (Å²) in [7, 11) is 1.61. The number of methoxy groups -OCH3 is 1. The topological polar surface area (TPSA) is 59.9 Å². The van der Waals surface area contributed by atoms with Gasteiger partial charge >= 0.3 is 0 Å². The van der Waals surface area contributed by atoms with Crippen LogP contribution in [0.4, 0.5) is 0 Å². The number of carbonyl (C=O) groups is 1. The summed E-state index contributed by atoms with van der Waals surface area (Å²) in [5.41, 5.74) is 6.59. The van der Waals surface area contributed by atoms with E-state index in [4.69, 9.17) is 9.47 Å². The van der Waals surface area contributed by atoms with Gasteiger partial charge in [0.25, 0.3) is 5.91 Å². The molecule has 0 aliphatic rings. The van der Waals surface area contributed by atoms with E-state index in [0.29, 0.717) is 11.5 Å². The molecular weight excluding hydrogens is 352 g/mol. The van der Waals surface area contributed by atoms with Crippen LogP contribution in [0.15, 0.2) is 53.6 Å². The molecule has 144 valence electrons. The molecular formula is C23H24N2O3. The number of benzene rings is 3. The Labute approximate surface area is 165 Å². The van der Waals surface area contributed by atoms with Gasteiger partial charge in [-0.15, -0.1) is 0 Å². The largest absolute Gasteiger partial charge is 0.496 e. The van der Waals surface area contributed by atoms with Crippen LogP contribution in [0.3, 0.4) is 0 Å². The Balaban J connectivity index is 1.68. The Morgan fingerprint density at radius 1 is 1.07 bits per heavy atom. The molecule has 28 heavy (non-hydrogen) atoms. The second kappa shape index (κ2) is 8.57. The quantitative estimate of drug-likeness (QED) is 0.515. The highest BCUT2D eigenvalue weighted by Crippen LogP contribution is 2.26. The number of nitrogens with one attached hydrogen (secondary N) is 1. The van der Waals surface area contributed by atoms with Crippen molar-refractivity contribution in [1.29, 1.82) is 0 Å². The molecule has 0 bridgehead atoms. The normalized spacial score (nSPS) is 11.0. The molecule has 3 rings (SSSR count). The number of amides is 1. The van der Waals surface area contributed by atoms with Crippen LogP contribution in [-0.2, 0) is 4.79 Å². The van der Waals surface area contributed by atoms with Crippen molar-refractivity contribution in [2.45, 2.75) is 20.8 Å². The first-order chi connectivity index (χ1) is 13.5. The van der Waals surface area contributed by atoms with E-state index in [1.165, 1.54) is 0 Å². The summed E-state index contributed by atoms with van der Waals surface area (Å²) >= 11 is 0. The molecule has 0 fully saturated rings. The number of nitrogens with zero attached hydrogens (tertiary/aromatic N) is 1. The minimum absolute atomic E-state index is 0.103. The summed E-state index contributed by atoms with van der Waals surface area (Å²) in [5.74, 6) is 1.08. The lowest BCUT2D eigenvalue weighted by molar-refractivity contribution is -0.123. The molecule has 3 aromatic rings. The van der Waals surface area contributed by atoms with E-state index >= 15 is 0 Å². The molecule has 0 aromatic heterocycles. The summed E-state index contributed by atoms with van der Waals surface area (Å²) in [4.78, 5) is 12.1. The number of hydrogen-bond acceptors (Lipinski definition) is 4. The molecule has 0 heterocycles. The number of carbonyl (C=O) groups excluding carboxylic acids is 1. The molecule has 5 heteroatoms. The third kappa shape index (κ3) is 4.31. The molecule has 0 unspecified atom stereocenters. The Hall–Kier alpha value is -3.34. The zero-order valence-corrected chi connectivity index (χ0v) is 16.6. The van der Waals surface area contributed by atoms with Crippen LogP contribution in [0, 0.1) is 20.8 Å². The minimum Gasteiger partial charge on any atom is -0.496 e. The van der Waals surface area contributed by atoms with Gasteiger partial charge in [-0.05, 0) is 60.4 Å². The van der Waals surface area contributed by atoms with Gasteiger partial charge in [0.2, 0.25) is 0 Å². The van der Waals surface area contributed by atoms with Crippen LogP contribution in [0.25, 0.3) is 10.8 Å². The maximum Gasteiger partial charge on any atom is 0.277 e. The summed E-state index contributed by atoms with van der Waals surface area (Å²) in [6.07, 6.45) is 1.60. The molecule has 0 saturated carbocycles. The fraction of sp³-hybridized carbons (Fsp3) is 0.217. The van der Waals surface area contributed by atoms with Crippen LogP contribution in [-0.4, -0.2) is 25.8 Å². The van der Waals surface area contributed by atoms with E-state index in [-0.39, 0.29) is 12.5 Å². The zero-order chi connectivity index (χ0) is 20.1. The van der Waals surface area contributed by atoms with E-state index in [2.05, 4.69) is 16.6 Å². The highest BCUT2D eigenvalue weighted by atomic mass is 16.5. The zero-order valence-electron chi connectivity index (χ0n) is 16.6. The van der Waals surface area contributed by atoms with Crippen LogP contribution in [0.2, 0.25) is 0 Å². The van der Waals surface area contributed by atoms with Crippen molar-refractivity contribution in [1.82, 2.24) is 5.43 Å². The number of hydrazone groups is 1. The van der Waals surface area contributed by atoms with Crippen molar-refractivity contribution in [2.75, 3.05) is 13.7 Å². The van der Waals surface area contributed by atoms with Crippen molar-refractivity contribution in [3.05, 3.63) is 70.8 Å². The number of rotatable bonds is 6. The molecule has 5 nitrogen and oxygen atoms in total. The number of aryl methyl sites for hydroxylation is 2. The van der Waals surface area contributed by atoms with Gasteiger partial charge < -0.3 is 9.47 Å². The molecule has 0 saturated heterocycles. The van der Waals surface area contributed by atoms with Gasteiger partial charge in [-0.25, -0.2) is 5.43 Å². The average molecular weight is 376 g/mol. The lowest BCUT2D eigenvalue weighted by atomic mass is 10.0. The monoisotopic (exact) mass is 376 g/mol. The van der Waals surface area contributed by atoms with E-state index < -0.39 is 0 Å². The van der Waals surface area contributed by atoms with Crippen molar-refractivity contribution in [2.24, 2.45) is 5.10 Å². The molecule has 0 atom stereocenters. The molecule has 0 aliphatic heterocycles. The smallest absolute Gasteiger partial charge is 0.277 e. The maximum absolute atomic E-state index is 12.1. The number of fused-ring (bicyclic) bond motifs is 1. The second-order valence-electron chi connectivity index (χ2n) is 6.69. The Bertz CT molecular complexity index is 1040. The van der Waals surface area contributed by atoms with Gasteiger partial charge in [0.05, 0.1) is 13.3 Å². The van der Waals surface area contributed by atoms with Gasteiger partial charge in [0.1, 0.15) is 11.5 Å². The third-order valence-corrected chi connectivity index (χ3v) is 4.66. The first-order valence-electron chi connectivity index (χ1n) is 9.08. The fourth-order valence-corrected chi connectivity index (χ4v) is 3.08. The molecule has 3 aromatic carbocycles. The lowest BCUT2D eigenvalue weighted by Gasteiger charge is -2.11. The van der Waals surface area contributed by atoms with Crippen molar-refractivity contribution in [3.8, 4) is 11.5 Å². The SMILES string of the molecule is COc1ccc2ccccc2c1/C=N/NC(=O)COc1cc(C)cc(C)c1C. The number of ether oxygens (including phenoxy) is 2. The van der Waals surface area contributed by atoms with Gasteiger partial charge in [0, 0.05) is 5.56 Å². The van der Waals surface area contributed by atoms with Crippen LogP contribution in [0.5, 0.6) is 11.5 Å². The number of hydrogen-bond donors (Lipinski definition) is 1. The summed E-state index contributed by atoms with van der Waals surface area (Å²) in [6, 6.07) is 15.8. The predicted octanol–water partition coefficient (Wildman–Crippen LogP) is 4.30. The van der Waals surface area contributed by atoms with Crippen molar-refractivity contribution < 1.29 is 14.3 Å². The Kier molecular flexibility index (Phi) is 5.94. The summed E-state index contributed by atoms with van der Waals surface area (Å²) in [5, 5.41) is 6.16. The summed E-state index contributed by atoms with van der Waals surface area (Å²) < 4.78 is 11.1. The first-order valence-corrected chi connectivity index (χ1v) is 9.08. The molecule has 1 N–H and O–H groups in total. The van der Waals surface area contributed by atoms with Gasteiger partial charge in [-0.1, -0.05) is 36.4 Å². The molecule has 0 radical (unpaired) electrons. The highest BCUT2D eigenvalue weighted by Gasteiger charge is 2.08. The Morgan fingerprint density at radius 2 is 1.86 bits per heavy atom. The molecule has 0 aliphatic carbocycles. The fourth-order valence-electron chi connectivity index (χ4n) is 3.08. The van der Waals surface area contributed by atoms with Crippen molar-refractivity contribution >= 4 is 22.9 Å². The lowest BCUT2D eigenvalue weighted by Crippen LogP contribution is -2.24. The average Bonchev–Trinajstić information content (AvgIpc) is 2.69. The maximum atomic E-state index is 12.1. The molecule has 0 spiro atoms. The van der Waals surface area contributed by atoms with Gasteiger partial charge in [-0.3, -0.25) is 4.79 Å². The summed E-state index contributed by atoms with van der Waals surface area (Å²) in [6.45, 7) is 5.90. The van der Waals surface area contributed by atoms with E-state index in [0.717, 1.165) is 33.0 Å². The van der Waals surface area contributed by atoms with Gasteiger partial charge in [0.15, 0.2) is 6.61 Å². The highest BCUT2D eigenvalue weighted by molar-refractivity contribution is 6.02. The van der Waals surface area contributed by atoms with E-state index in [1.807, 2.05) is 63.2 Å². The van der Waals surface area contributed by atoms with Crippen LogP contribution in [0.1, 0.15) is 22.3 Å². The van der Waals surface area contributed by atoms with Crippen LogP contribution < -0.4 is 14.9 Å². The van der Waals surface area contributed by atoms with E-state index in [9.17, 15) is 4.79 Å².